The zero-order valence-electron chi connectivity index (χ0n) is 15.9. The van der Waals surface area contributed by atoms with Gasteiger partial charge in [0.25, 0.3) is 5.91 Å². The van der Waals surface area contributed by atoms with Crippen LogP contribution in [0.5, 0.6) is 0 Å². The molecule has 6 nitrogen and oxygen atoms in total. The van der Waals surface area contributed by atoms with Crippen LogP contribution in [0.3, 0.4) is 0 Å². The summed E-state index contributed by atoms with van der Waals surface area (Å²) in [7, 11) is 0. The van der Waals surface area contributed by atoms with Crippen LogP contribution in [-0.4, -0.2) is 47.0 Å². The Bertz CT molecular complexity index is 1100. The van der Waals surface area contributed by atoms with E-state index in [4.69, 9.17) is 16.0 Å². The van der Waals surface area contributed by atoms with Crippen molar-refractivity contribution in [1.82, 2.24) is 14.9 Å². The van der Waals surface area contributed by atoms with E-state index in [9.17, 15) is 22.4 Å². The average Bonchev–Trinajstić information content (AvgIpc) is 3.29. The Balaban J connectivity index is 1.52. The van der Waals surface area contributed by atoms with Crippen molar-refractivity contribution in [3.05, 3.63) is 64.8 Å². The number of benzene rings is 1. The third-order valence-corrected chi connectivity index (χ3v) is 5.17. The van der Waals surface area contributed by atoms with Gasteiger partial charge in [-0.2, -0.15) is 13.2 Å². The van der Waals surface area contributed by atoms with Crippen LogP contribution in [0.15, 0.2) is 47.2 Å². The first-order valence-corrected chi connectivity index (χ1v) is 9.60. The number of hydrogen-bond donors (Lipinski definition) is 0. The molecule has 1 amide bonds. The normalized spacial score (nSPS) is 14.7. The molecule has 0 N–H and O–H groups in total. The van der Waals surface area contributed by atoms with Crippen molar-refractivity contribution in [2.45, 2.75) is 6.18 Å². The number of anilines is 1. The summed E-state index contributed by atoms with van der Waals surface area (Å²) < 4.78 is 59.7. The largest absolute Gasteiger partial charge is 0.463 e. The molecule has 0 saturated carbocycles. The van der Waals surface area contributed by atoms with E-state index in [1.54, 1.807) is 29.3 Å². The van der Waals surface area contributed by atoms with Crippen molar-refractivity contribution < 1.29 is 26.8 Å². The SMILES string of the molecule is O=C(c1c(C(F)(F)F)ccc(Cl)c1F)N1CCN(c2nccc(-c3ccco3)n2)CC1. The van der Waals surface area contributed by atoms with Crippen molar-refractivity contribution in [1.29, 1.82) is 0 Å². The summed E-state index contributed by atoms with van der Waals surface area (Å²) in [6, 6.07) is 6.56. The van der Waals surface area contributed by atoms with Crippen molar-refractivity contribution in [2.24, 2.45) is 0 Å². The summed E-state index contributed by atoms with van der Waals surface area (Å²) in [5.74, 6) is -1.48. The first-order chi connectivity index (χ1) is 14.8. The third kappa shape index (κ3) is 4.20. The fourth-order valence-corrected chi connectivity index (χ4v) is 3.48. The lowest BCUT2D eigenvalue weighted by Gasteiger charge is -2.35. The van der Waals surface area contributed by atoms with Gasteiger partial charge in [0.15, 0.2) is 11.6 Å². The molecule has 0 radical (unpaired) electrons. The first-order valence-electron chi connectivity index (χ1n) is 9.22. The minimum absolute atomic E-state index is 0.0659. The van der Waals surface area contributed by atoms with E-state index in [-0.39, 0.29) is 26.2 Å². The standard InChI is InChI=1S/C20H15ClF4N4O2/c21-13-4-3-12(20(23,24)25)16(17(13)22)18(30)28-7-9-29(10-8-28)19-26-6-5-14(27-19)15-2-1-11-31-15/h1-6,11H,7-10H2. The molecule has 3 aromatic rings. The summed E-state index contributed by atoms with van der Waals surface area (Å²) in [5.41, 5.74) is -1.84. The number of piperazine rings is 1. The van der Waals surface area contributed by atoms with Crippen molar-refractivity contribution in [2.75, 3.05) is 31.1 Å². The predicted octanol–water partition coefficient (Wildman–Crippen LogP) is 4.51. The Morgan fingerprint density at radius 1 is 1.10 bits per heavy atom. The van der Waals surface area contributed by atoms with Crippen LogP contribution < -0.4 is 4.90 Å². The maximum atomic E-state index is 14.4. The molecule has 1 fully saturated rings. The van der Waals surface area contributed by atoms with E-state index in [2.05, 4.69) is 9.97 Å². The van der Waals surface area contributed by atoms with E-state index < -0.39 is 34.1 Å². The zero-order chi connectivity index (χ0) is 22.2. The molecule has 1 aliphatic heterocycles. The van der Waals surface area contributed by atoms with Gasteiger partial charge in [-0.05, 0) is 30.3 Å². The van der Waals surface area contributed by atoms with Gasteiger partial charge in [-0.1, -0.05) is 11.6 Å². The van der Waals surface area contributed by atoms with Crippen molar-refractivity contribution in [3.63, 3.8) is 0 Å². The van der Waals surface area contributed by atoms with Crippen LogP contribution in [0.25, 0.3) is 11.5 Å². The summed E-state index contributed by atoms with van der Waals surface area (Å²) >= 11 is 5.63. The van der Waals surface area contributed by atoms with E-state index >= 15 is 0 Å². The summed E-state index contributed by atoms with van der Waals surface area (Å²) in [4.78, 5) is 24.4. The molecule has 11 heteroatoms. The maximum Gasteiger partial charge on any atom is 0.417 e. The monoisotopic (exact) mass is 454 g/mol. The van der Waals surface area contributed by atoms with E-state index in [1.165, 1.54) is 6.26 Å². The lowest BCUT2D eigenvalue weighted by Crippen LogP contribution is -2.49. The number of carbonyl (C=O) groups is 1. The fourth-order valence-electron chi connectivity index (χ4n) is 3.33. The van der Waals surface area contributed by atoms with Crippen LogP contribution in [0.4, 0.5) is 23.5 Å². The number of alkyl halides is 3. The molecule has 1 saturated heterocycles. The smallest absolute Gasteiger partial charge is 0.417 e. The van der Waals surface area contributed by atoms with Crippen LogP contribution in [0.2, 0.25) is 5.02 Å². The number of furan rings is 1. The van der Waals surface area contributed by atoms with Gasteiger partial charge in [0.2, 0.25) is 5.95 Å². The molecule has 0 unspecified atom stereocenters. The summed E-state index contributed by atoms with van der Waals surface area (Å²) in [6.07, 6.45) is -1.81. The third-order valence-electron chi connectivity index (χ3n) is 4.88. The Labute approximate surface area is 179 Å². The molecule has 1 aliphatic rings. The number of amides is 1. The van der Waals surface area contributed by atoms with Crippen molar-refractivity contribution in [3.8, 4) is 11.5 Å². The Morgan fingerprint density at radius 3 is 2.48 bits per heavy atom. The molecule has 3 heterocycles. The summed E-state index contributed by atoms with van der Waals surface area (Å²) in [6.45, 7) is 0.653. The van der Waals surface area contributed by atoms with Crippen LogP contribution in [0.1, 0.15) is 15.9 Å². The highest BCUT2D eigenvalue weighted by molar-refractivity contribution is 6.31. The first kappa shape index (κ1) is 21.1. The van der Waals surface area contributed by atoms with Crippen LogP contribution in [-0.2, 0) is 6.18 Å². The molecule has 0 atom stereocenters. The fraction of sp³-hybridized carbons (Fsp3) is 0.250. The van der Waals surface area contributed by atoms with Crippen LogP contribution in [0, 0.1) is 5.82 Å². The number of aromatic nitrogens is 2. The second kappa shape index (κ2) is 8.18. The number of hydrogen-bond acceptors (Lipinski definition) is 5. The van der Waals surface area contributed by atoms with Crippen molar-refractivity contribution >= 4 is 23.5 Å². The Morgan fingerprint density at radius 2 is 1.84 bits per heavy atom. The highest BCUT2D eigenvalue weighted by Crippen LogP contribution is 2.36. The molecule has 31 heavy (non-hydrogen) atoms. The van der Waals surface area contributed by atoms with Gasteiger partial charge in [-0.3, -0.25) is 4.79 Å². The molecule has 162 valence electrons. The van der Waals surface area contributed by atoms with E-state index in [0.29, 0.717) is 23.5 Å². The number of rotatable bonds is 3. The van der Waals surface area contributed by atoms with Gasteiger partial charge in [0.05, 0.1) is 22.4 Å². The molecule has 0 spiro atoms. The van der Waals surface area contributed by atoms with E-state index in [0.717, 1.165) is 11.0 Å². The Kier molecular flexibility index (Phi) is 5.57. The quantitative estimate of drug-likeness (QED) is 0.545. The highest BCUT2D eigenvalue weighted by atomic mass is 35.5. The molecule has 4 rings (SSSR count). The lowest BCUT2D eigenvalue weighted by molar-refractivity contribution is -0.138. The lowest BCUT2D eigenvalue weighted by atomic mass is 10.0. The van der Waals surface area contributed by atoms with Gasteiger partial charge in [-0.25, -0.2) is 14.4 Å². The molecule has 1 aromatic carbocycles. The minimum atomic E-state index is -4.89. The van der Waals surface area contributed by atoms with Gasteiger partial charge in [0, 0.05) is 32.4 Å². The second-order valence-corrected chi connectivity index (χ2v) is 7.19. The molecule has 0 aliphatic carbocycles. The second-order valence-electron chi connectivity index (χ2n) is 6.78. The zero-order valence-corrected chi connectivity index (χ0v) is 16.6. The van der Waals surface area contributed by atoms with Gasteiger partial charge in [0.1, 0.15) is 5.69 Å². The molecular weight excluding hydrogens is 440 g/mol. The van der Waals surface area contributed by atoms with Gasteiger partial charge < -0.3 is 14.2 Å². The number of halogens is 5. The highest BCUT2D eigenvalue weighted by Gasteiger charge is 2.39. The molecule has 0 bridgehead atoms. The van der Waals surface area contributed by atoms with Gasteiger partial charge in [-0.15, -0.1) is 0 Å². The number of nitrogens with zero attached hydrogens (tertiary/aromatic N) is 4. The topological polar surface area (TPSA) is 62.5 Å². The Hall–Kier alpha value is -3.14. The molecular formula is C20H15ClF4N4O2. The summed E-state index contributed by atoms with van der Waals surface area (Å²) in [5, 5.41) is -0.543. The average molecular weight is 455 g/mol. The maximum absolute atomic E-state index is 14.4. The van der Waals surface area contributed by atoms with E-state index in [1.807, 2.05) is 0 Å². The molecule has 2 aromatic heterocycles. The van der Waals surface area contributed by atoms with Gasteiger partial charge >= 0.3 is 6.18 Å². The predicted molar refractivity (Wildman–Crippen MR) is 104 cm³/mol. The van der Waals surface area contributed by atoms with Crippen LogP contribution >= 0.6 is 11.6 Å². The minimum Gasteiger partial charge on any atom is -0.463 e. The number of carbonyl (C=O) groups excluding carboxylic acids is 1.